The minimum Gasteiger partial charge on any atom is -0.320 e. The first-order valence-electron chi connectivity index (χ1n) is 5.84. The number of rotatable bonds is 2. The highest BCUT2D eigenvalue weighted by molar-refractivity contribution is 9.10. The molecular formula is C14H9BrFN3O. The SMILES string of the molecule is O=C(Nc1ccc(Br)c(F)c1)c1n[nH]c2ccccc12. The third kappa shape index (κ3) is 2.30. The number of para-hydroxylation sites is 1. The first kappa shape index (κ1) is 12.8. The lowest BCUT2D eigenvalue weighted by atomic mass is 10.2. The van der Waals surface area contributed by atoms with E-state index < -0.39 is 5.82 Å². The summed E-state index contributed by atoms with van der Waals surface area (Å²) in [4.78, 5) is 12.2. The highest BCUT2D eigenvalue weighted by Gasteiger charge is 2.14. The summed E-state index contributed by atoms with van der Waals surface area (Å²) in [6, 6.07) is 11.7. The standard InChI is InChI=1S/C14H9BrFN3O/c15-10-6-5-8(7-11(10)16)17-14(20)13-9-3-1-2-4-12(9)18-19-13/h1-7H,(H,17,20)(H,18,19). The van der Waals surface area contributed by atoms with Crippen LogP contribution in [-0.2, 0) is 0 Å². The van der Waals surface area contributed by atoms with Crippen molar-refractivity contribution in [1.29, 1.82) is 0 Å². The molecule has 6 heteroatoms. The monoisotopic (exact) mass is 333 g/mol. The normalized spacial score (nSPS) is 10.7. The van der Waals surface area contributed by atoms with Gasteiger partial charge in [-0.05, 0) is 40.2 Å². The molecule has 1 amide bonds. The number of anilines is 1. The fourth-order valence-electron chi connectivity index (χ4n) is 1.90. The number of aromatic nitrogens is 2. The van der Waals surface area contributed by atoms with Crippen molar-refractivity contribution in [2.75, 3.05) is 5.32 Å². The molecular weight excluding hydrogens is 325 g/mol. The third-order valence-electron chi connectivity index (χ3n) is 2.86. The molecule has 1 aromatic heterocycles. The quantitative estimate of drug-likeness (QED) is 0.750. The maximum absolute atomic E-state index is 13.4. The van der Waals surface area contributed by atoms with Gasteiger partial charge in [0.2, 0.25) is 0 Å². The lowest BCUT2D eigenvalue weighted by molar-refractivity contribution is 0.102. The molecule has 0 radical (unpaired) electrons. The van der Waals surface area contributed by atoms with E-state index in [9.17, 15) is 9.18 Å². The molecule has 0 aliphatic rings. The number of hydrogen-bond acceptors (Lipinski definition) is 2. The van der Waals surface area contributed by atoms with Crippen LogP contribution in [0.15, 0.2) is 46.9 Å². The number of H-pyrrole nitrogens is 1. The first-order valence-corrected chi connectivity index (χ1v) is 6.64. The topological polar surface area (TPSA) is 57.8 Å². The number of benzene rings is 2. The number of carbonyl (C=O) groups excluding carboxylic acids is 1. The molecule has 0 saturated heterocycles. The van der Waals surface area contributed by atoms with Crippen LogP contribution in [0.4, 0.5) is 10.1 Å². The molecule has 0 atom stereocenters. The van der Waals surface area contributed by atoms with E-state index in [2.05, 4.69) is 31.4 Å². The van der Waals surface area contributed by atoms with Crippen LogP contribution in [0, 0.1) is 5.82 Å². The van der Waals surface area contributed by atoms with Gasteiger partial charge in [-0.3, -0.25) is 9.89 Å². The molecule has 0 spiro atoms. The molecule has 3 aromatic rings. The second-order valence-electron chi connectivity index (χ2n) is 4.20. The van der Waals surface area contributed by atoms with Crippen LogP contribution in [-0.4, -0.2) is 16.1 Å². The molecule has 0 unspecified atom stereocenters. The van der Waals surface area contributed by atoms with Crippen LogP contribution in [0.2, 0.25) is 0 Å². The number of amides is 1. The molecule has 0 aliphatic carbocycles. The van der Waals surface area contributed by atoms with Crippen molar-refractivity contribution in [2.45, 2.75) is 0 Å². The maximum Gasteiger partial charge on any atom is 0.276 e. The molecule has 2 aromatic carbocycles. The smallest absolute Gasteiger partial charge is 0.276 e. The Kier molecular flexibility index (Phi) is 3.23. The number of carbonyl (C=O) groups is 1. The van der Waals surface area contributed by atoms with Crippen LogP contribution in [0.5, 0.6) is 0 Å². The number of hydrogen-bond donors (Lipinski definition) is 2. The Morgan fingerprint density at radius 3 is 2.85 bits per heavy atom. The van der Waals surface area contributed by atoms with E-state index in [1.807, 2.05) is 18.2 Å². The number of fused-ring (bicyclic) bond motifs is 1. The molecule has 1 heterocycles. The summed E-state index contributed by atoms with van der Waals surface area (Å²) in [6.07, 6.45) is 0. The van der Waals surface area contributed by atoms with Gasteiger partial charge in [-0.1, -0.05) is 18.2 Å². The van der Waals surface area contributed by atoms with Gasteiger partial charge in [0.15, 0.2) is 5.69 Å². The summed E-state index contributed by atoms with van der Waals surface area (Å²) in [5.74, 6) is -0.821. The lowest BCUT2D eigenvalue weighted by Crippen LogP contribution is -2.12. The summed E-state index contributed by atoms with van der Waals surface area (Å²) >= 11 is 3.06. The summed E-state index contributed by atoms with van der Waals surface area (Å²) in [6.45, 7) is 0. The Hall–Kier alpha value is -2.21. The molecule has 20 heavy (non-hydrogen) atoms. The second-order valence-corrected chi connectivity index (χ2v) is 5.06. The van der Waals surface area contributed by atoms with Crippen LogP contribution < -0.4 is 5.32 Å². The van der Waals surface area contributed by atoms with Gasteiger partial charge in [-0.15, -0.1) is 0 Å². The lowest BCUT2D eigenvalue weighted by Gasteiger charge is -2.04. The summed E-state index contributed by atoms with van der Waals surface area (Å²) < 4.78 is 13.8. The van der Waals surface area contributed by atoms with Crippen LogP contribution in [0.1, 0.15) is 10.5 Å². The van der Waals surface area contributed by atoms with Crippen molar-refractivity contribution in [1.82, 2.24) is 10.2 Å². The summed E-state index contributed by atoms with van der Waals surface area (Å²) in [5.41, 5.74) is 1.44. The van der Waals surface area contributed by atoms with Crippen LogP contribution in [0.25, 0.3) is 10.9 Å². The van der Waals surface area contributed by atoms with Gasteiger partial charge in [0.05, 0.1) is 9.99 Å². The highest BCUT2D eigenvalue weighted by atomic mass is 79.9. The zero-order valence-corrected chi connectivity index (χ0v) is 11.7. The molecule has 0 aliphatic heterocycles. The van der Waals surface area contributed by atoms with E-state index in [4.69, 9.17) is 0 Å². The predicted molar refractivity (Wildman–Crippen MR) is 78.1 cm³/mol. The van der Waals surface area contributed by atoms with Crippen LogP contribution >= 0.6 is 15.9 Å². The summed E-state index contributed by atoms with van der Waals surface area (Å²) in [5, 5.41) is 10.1. The molecule has 2 N–H and O–H groups in total. The van der Waals surface area contributed by atoms with Crippen molar-refractivity contribution in [3.63, 3.8) is 0 Å². The van der Waals surface area contributed by atoms with Gasteiger partial charge in [-0.2, -0.15) is 5.10 Å². The van der Waals surface area contributed by atoms with Gasteiger partial charge in [0.25, 0.3) is 5.91 Å². The minimum absolute atomic E-state index is 0.281. The van der Waals surface area contributed by atoms with Gasteiger partial charge in [0.1, 0.15) is 5.82 Å². The number of aromatic amines is 1. The minimum atomic E-state index is -0.435. The van der Waals surface area contributed by atoms with Crippen molar-refractivity contribution in [3.05, 3.63) is 58.4 Å². The average molecular weight is 334 g/mol. The fourth-order valence-corrected chi connectivity index (χ4v) is 2.15. The summed E-state index contributed by atoms with van der Waals surface area (Å²) in [7, 11) is 0. The molecule has 4 nitrogen and oxygen atoms in total. The predicted octanol–water partition coefficient (Wildman–Crippen LogP) is 3.72. The number of nitrogens with one attached hydrogen (secondary N) is 2. The van der Waals surface area contributed by atoms with Crippen LogP contribution in [0.3, 0.4) is 0 Å². The molecule has 3 rings (SSSR count). The molecule has 0 fully saturated rings. The van der Waals surface area contributed by atoms with E-state index in [0.29, 0.717) is 10.2 Å². The van der Waals surface area contributed by atoms with Crippen molar-refractivity contribution >= 4 is 38.4 Å². The second kappa shape index (κ2) is 5.05. The van der Waals surface area contributed by atoms with E-state index in [0.717, 1.165) is 10.9 Å². The Morgan fingerprint density at radius 1 is 1.25 bits per heavy atom. The zero-order valence-electron chi connectivity index (χ0n) is 10.2. The van der Waals surface area contributed by atoms with E-state index >= 15 is 0 Å². The maximum atomic E-state index is 13.4. The van der Waals surface area contributed by atoms with E-state index in [-0.39, 0.29) is 11.6 Å². The molecule has 0 bridgehead atoms. The van der Waals surface area contributed by atoms with Gasteiger partial charge in [-0.25, -0.2) is 4.39 Å². The number of halogens is 2. The largest absolute Gasteiger partial charge is 0.320 e. The van der Waals surface area contributed by atoms with E-state index in [1.54, 1.807) is 12.1 Å². The third-order valence-corrected chi connectivity index (χ3v) is 3.51. The van der Waals surface area contributed by atoms with Gasteiger partial charge < -0.3 is 5.32 Å². The molecule has 100 valence electrons. The van der Waals surface area contributed by atoms with Crippen molar-refractivity contribution in [3.8, 4) is 0 Å². The number of nitrogens with zero attached hydrogens (tertiary/aromatic N) is 1. The van der Waals surface area contributed by atoms with Gasteiger partial charge >= 0.3 is 0 Å². The van der Waals surface area contributed by atoms with E-state index in [1.165, 1.54) is 12.1 Å². The van der Waals surface area contributed by atoms with Gasteiger partial charge in [0, 0.05) is 11.1 Å². The highest BCUT2D eigenvalue weighted by Crippen LogP contribution is 2.21. The Labute approximate surface area is 122 Å². The fraction of sp³-hybridized carbons (Fsp3) is 0. The van der Waals surface area contributed by atoms with Crippen molar-refractivity contribution < 1.29 is 9.18 Å². The van der Waals surface area contributed by atoms with Crippen molar-refractivity contribution in [2.24, 2.45) is 0 Å². The zero-order chi connectivity index (χ0) is 14.1. The Morgan fingerprint density at radius 2 is 2.05 bits per heavy atom. The average Bonchev–Trinajstić information content (AvgIpc) is 2.87. The molecule has 0 saturated carbocycles. The Bertz CT molecular complexity index is 800. The first-order chi connectivity index (χ1) is 9.65. The Balaban J connectivity index is 1.91.